The van der Waals surface area contributed by atoms with Crippen LogP contribution < -0.4 is 11.2 Å². The fraction of sp³-hybridized carbons (Fsp3) is 0.100. The summed E-state index contributed by atoms with van der Waals surface area (Å²) in [6.07, 6.45) is 1.68. The van der Waals surface area contributed by atoms with Gasteiger partial charge in [-0.1, -0.05) is 42.5 Å². The second-order valence-corrected chi connectivity index (χ2v) is 7.01. The minimum Gasteiger partial charge on any atom is -0.307 e. The molecule has 0 spiro atoms. The number of Topliss-reactive ketones (excluding diaryl/α,β-unsaturated/α-hetero) is 1. The van der Waals surface area contributed by atoms with Crippen LogP contribution in [0.1, 0.15) is 16.6 Å². The molecule has 27 heavy (non-hydrogen) atoms. The van der Waals surface area contributed by atoms with Gasteiger partial charge < -0.3 is 4.98 Å². The maximum atomic E-state index is 13.1. The van der Waals surface area contributed by atoms with Gasteiger partial charge in [0.25, 0.3) is 5.56 Å². The Morgan fingerprint density at radius 2 is 1.81 bits per heavy atom. The summed E-state index contributed by atoms with van der Waals surface area (Å²) >= 11 is 1.36. The third kappa shape index (κ3) is 3.24. The van der Waals surface area contributed by atoms with E-state index in [0.717, 1.165) is 4.57 Å². The van der Waals surface area contributed by atoms with E-state index < -0.39 is 17.3 Å². The van der Waals surface area contributed by atoms with Crippen LogP contribution in [0.5, 0.6) is 0 Å². The van der Waals surface area contributed by atoms with Crippen LogP contribution in [0.2, 0.25) is 0 Å². The molecule has 4 rings (SSSR count). The molecule has 0 aliphatic heterocycles. The van der Waals surface area contributed by atoms with Crippen molar-refractivity contribution in [3.63, 3.8) is 0 Å². The van der Waals surface area contributed by atoms with Crippen LogP contribution in [-0.2, 0) is 11.2 Å². The van der Waals surface area contributed by atoms with Crippen molar-refractivity contribution in [2.75, 3.05) is 0 Å². The van der Waals surface area contributed by atoms with Gasteiger partial charge in [0, 0.05) is 11.6 Å². The van der Waals surface area contributed by atoms with Gasteiger partial charge in [0.2, 0.25) is 0 Å². The van der Waals surface area contributed by atoms with E-state index in [0.29, 0.717) is 21.5 Å². The highest BCUT2D eigenvalue weighted by Gasteiger charge is 2.27. The second-order valence-electron chi connectivity index (χ2n) is 6.03. The Labute approximate surface area is 157 Å². The Hall–Kier alpha value is -3.32. The summed E-state index contributed by atoms with van der Waals surface area (Å²) in [6.45, 7) is 0. The number of aromatic amines is 1. The van der Waals surface area contributed by atoms with Crippen molar-refractivity contribution < 1.29 is 4.79 Å². The Balaban J connectivity index is 1.92. The average molecular weight is 377 g/mol. The number of carbonyl (C=O) groups excluding carboxylic acids is 1. The van der Waals surface area contributed by atoms with E-state index in [-0.39, 0.29) is 12.2 Å². The molecule has 0 amide bonds. The highest BCUT2D eigenvalue weighted by Crippen LogP contribution is 2.20. The zero-order valence-electron chi connectivity index (χ0n) is 14.2. The highest BCUT2D eigenvalue weighted by molar-refractivity contribution is 7.09. The topological polar surface area (TPSA) is 84.8 Å². The Kier molecular flexibility index (Phi) is 4.52. The molecule has 2 aromatic heterocycles. The predicted octanol–water partition coefficient (Wildman–Crippen LogP) is 2.55. The monoisotopic (exact) mass is 377 g/mol. The van der Waals surface area contributed by atoms with E-state index in [9.17, 15) is 14.4 Å². The highest BCUT2D eigenvalue weighted by atomic mass is 32.1. The summed E-state index contributed by atoms with van der Waals surface area (Å²) in [5.74, 6) is -0.265. The lowest BCUT2D eigenvalue weighted by atomic mass is 10.00. The fourth-order valence-electron chi connectivity index (χ4n) is 3.11. The number of fused-ring (bicyclic) bond motifs is 1. The van der Waals surface area contributed by atoms with E-state index in [4.69, 9.17) is 0 Å². The van der Waals surface area contributed by atoms with Gasteiger partial charge in [-0.15, -0.1) is 11.3 Å². The van der Waals surface area contributed by atoms with E-state index >= 15 is 0 Å². The lowest BCUT2D eigenvalue weighted by molar-refractivity contribution is -0.120. The Morgan fingerprint density at radius 3 is 2.56 bits per heavy atom. The van der Waals surface area contributed by atoms with E-state index in [2.05, 4.69) is 9.97 Å². The number of hydrogen-bond acceptors (Lipinski definition) is 5. The van der Waals surface area contributed by atoms with Gasteiger partial charge >= 0.3 is 5.69 Å². The molecule has 2 heterocycles. The fourth-order valence-corrected chi connectivity index (χ4v) is 3.74. The number of nitrogens with zero attached hydrogens (tertiary/aromatic N) is 2. The first-order valence-corrected chi connectivity index (χ1v) is 9.22. The van der Waals surface area contributed by atoms with Crippen LogP contribution in [0, 0.1) is 0 Å². The third-order valence-corrected chi connectivity index (χ3v) is 5.10. The number of benzene rings is 2. The standard InChI is InChI=1S/C20H15N3O3S/c24-16(12-17-21-10-11-27-17)18(13-6-2-1-3-7-13)23-19(25)14-8-4-5-9-15(14)22-20(23)26/h1-11,18H,12H2,(H,22,26). The number of ketones is 1. The molecule has 4 aromatic rings. The molecule has 1 unspecified atom stereocenters. The SMILES string of the molecule is O=C(Cc1nccs1)C(c1ccccc1)n1c(=O)[nH]c2ccccc2c1=O. The largest absolute Gasteiger partial charge is 0.329 e. The van der Waals surface area contributed by atoms with E-state index in [1.54, 1.807) is 60.1 Å². The normalized spacial score (nSPS) is 12.1. The predicted molar refractivity (Wildman–Crippen MR) is 104 cm³/mol. The first-order valence-electron chi connectivity index (χ1n) is 8.35. The number of rotatable bonds is 5. The molecule has 0 fully saturated rings. The lowest BCUT2D eigenvalue weighted by Crippen LogP contribution is -2.41. The summed E-state index contributed by atoms with van der Waals surface area (Å²) in [5.41, 5.74) is -0.0689. The van der Waals surface area contributed by atoms with Crippen molar-refractivity contribution in [3.8, 4) is 0 Å². The van der Waals surface area contributed by atoms with Crippen molar-refractivity contribution in [2.45, 2.75) is 12.5 Å². The van der Waals surface area contributed by atoms with Gasteiger partial charge in [-0.3, -0.25) is 9.59 Å². The average Bonchev–Trinajstić information content (AvgIpc) is 3.18. The number of para-hydroxylation sites is 1. The number of H-pyrrole nitrogens is 1. The molecule has 6 nitrogen and oxygen atoms in total. The number of aromatic nitrogens is 3. The number of hydrogen-bond donors (Lipinski definition) is 1. The maximum Gasteiger partial charge on any atom is 0.329 e. The van der Waals surface area contributed by atoms with Gasteiger partial charge in [-0.2, -0.15) is 0 Å². The molecule has 0 aliphatic carbocycles. The maximum absolute atomic E-state index is 13.1. The first-order chi connectivity index (χ1) is 13.1. The van der Waals surface area contributed by atoms with Gasteiger partial charge in [-0.05, 0) is 17.7 Å². The van der Waals surface area contributed by atoms with Crippen molar-refractivity contribution in [3.05, 3.63) is 97.6 Å². The van der Waals surface area contributed by atoms with Gasteiger partial charge in [0.1, 0.15) is 6.04 Å². The van der Waals surface area contributed by atoms with Crippen LogP contribution >= 0.6 is 11.3 Å². The van der Waals surface area contributed by atoms with Gasteiger partial charge in [-0.25, -0.2) is 14.3 Å². The molecule has 0 radical (unpaired) electrons. The molecule has 2 aromatic carbocycles. The Bertz CT molecular complexity index is 1210. The van der Waals surface area contributed by atoms with Gasteiger partial charge in [0.05, 0.1) is 22.3 Å². The molecule has 134 valence electrons. The Morgan fingerprint density at radius 1 is 1.07 bits per heavy atom. The molecule has 1 atom stereocenters. The number of nitrogens with one attached hydrogen (secondary N) is 1. The van der Waals surface area contributed by atoms with Crippen molar-refractivity contribution in [2.24, 2.45) is 0 Å². The van der Waals surface area contributed by atoms with Crippen LogP contribution in [0.3, 0.4) is 0 Å². The number of carbonyl (C=O) groups is 1. The van der Waals surface area contributed by atoms with Crippen LogP contribution in [0.25, 0.3) is 10.9 Å². The van der Waals surface area contributed by atoms with Crippen LogP contribution in [0.4, 0.5) is 0 Å². The molecular formula is C20H15N3O3S. The minimum absolute atomic E-state index is 0.0515. The molecule has 7 heteroatoms. The first kappa shape index (κ1) is 17.1. The zero-order chi connectivity index (χ0) is 18.8. The summed E-state index contributed by atoms with van der Waals surface area (Å²) in [5, 5.41) is 2.79. The van der Waals surface area contributed by atoms with E-state index in [1.807, 2.05) is 6.07 Å². The molecule has 0 aliphatic rings. The number of thiazole rings is 1. The van der Waals surface area contributed by atoms with Gasteiger partial charge in [0.15, 0.2) is 5.78 Å². The smallest absolute Gasteiger partial charge is 0.307 e. The van der Waals surface area contributed by atoms with Crippen LogP contribution in [-0.4, -0.2) is 20.3 Å². The third-order valence-electron chi connectivity index (χ3n) is 4.32. The zero-order valence-corrected chi connectivity index (χ0v) is 15.0. The minimum atomic E-state index is -1.02. The molecular weight excluding hydrogens is 362 g/mol. The van der Waals surface area contributed by atoms with Crippen LogP contribution in [0.15, 0.2) is 75.8 Å². The molecule has 0 saturated carbocycles. The van der Waals surface area contributed by atoms with E-state index in [1.165, 1.54) is 11.3 Å². The molecule has 1 N–H and O–H groups in total. The summed E-state index contributed by atoms with van der Waals surface area (Å²) in [6, 6.07) is 14.6. The molecule has 0 saturated heterocycles. The lowest BCUT2D eigenvalue weighted by Gasteiger charge is -2.18. The quantitative estimate of drug-likeness (QED) is 0.579. The van der Waals surface area contributed by atoms with Crippen molar-refractivity contribution in [1.29, 1.82) is 0 Å². The summed E-state index contributed by atoms with van der Waals surface area (Å²) < 4.78 is 1.01. The summed E-state index contributed by atoms with van der Waals surface area (Å²) in [7, 11) is 0. The second kappa shape index (κ2) is 7.13. The van der Waals surface area contributed by atoms with Crippen molar-refractivity contribution >= 4 is 28.0 Å². The summed E-state index contributed by atoms with van der Waals surface area (Å²) in [4.78, 5) is 45.7. The van der Waals surface area contributed by atoms with Crippen molar-refractivity contribution in [1.82, 2.24) is 14.5 Å². The molecule has 0 bridgehead atoms.